The lowest BCUT2D eigenvalue weighted by Crippen LogP contribution is -2.76. The van der Waals surface area contributed by atoms with Crippen LogP contribution in [0.4, 0.5) is 0 Å². The summed E-state index contributed by atoms with van der Waals surface area (Å²) in [6.45, 7) is 2.22. The van der Waals surface area contributed by atoms with Crippen molar-refractivity contribution in [1.29, 1.82) is 0 Å². The van der Waals surface area contributed by atoms with Gasteiger partial charge >= 0.3 is 0 Å². The number of alkyl halides is 1. The summed E-state index contributed by atoms with van der Waals surface area (Å²) in [5.41, 5.74) is -0.630. The highest BCUT2D eigenvalue weighted by Crippen LogP contribution is 2.51. The second-order valence-electron chi connectivity index (χ2n) is 6.02. The Labute approximate surface area is 129 Å². The summed E-state index contributed by atoms with van der Waals surface area (Å²) in [5.74, 6) is 0.00772. The molecule has 0 aromatic heterocycles. The average molecular weight is 310 g/mol. The maximum absolute atomic E-state index is 12.3. The van der Waals surface area contributed by atoms with Crippen molar-refractivity contribution < 1.29 is 14.6 Å². The van der Waals surface area contributed by atoms with Crippen molar-refractivity contribution in [3.63, 3.8) is 0 Å². The van der Waals surface area contributed by atoms with Gasteiger partial charge in [0.15, 0.2) is 0 Å². The zero-order valence-corrected chi connectivity index (χ0v) is 12.8. The van der Waals surface area contributed by atoms with E-state index in [0.717, 1.165) is 12.0 Å². The monoisotopic (exact) mass is 309 g/mol. The van der Waals surface area contributed by atoms with Crippen LogP contribution in [0.1, 0.15) is 19.8 Å². The van der Waals surface area contributed by atoms with Crippen LogP contribution in [0.2, 0.25) is 0 Å². The number of ether oxygens (including phenoxy) is 1. The fourth-order valence-corrected chi connectivity index (χ4v) is 3.82. The number of rotatable bonds is 4. The smallest absolute Gasteiger partial charge is 0.226 e. The van der Waals surface area contributed by atoms with Crippen molar-refractivity contribution in [2.75, 3.05) is 12.5 Å². The molecule has 21 heavy (non-hydrogen) atoms. The molecule has 2 saturated heterocycles. The van der Waals surface area contributed by atoms with E-state index in [2.05, 4.69) is 5.32 Å². The molecule has 0 bridgehead atoms. The highest BCUT2D eigenvalue weighted by molar-refractivity contribution is 6.18. The Bertz CT molecular complexity index is 542. The number of allylic oxidation sites excluding steroid dienone is 4. The SMILES string of the molecule is C[C@@]12OC[C@]1([C@@H](O)C1=CCC=CC=C1)NC(=O)[C@@H]2CCCl. The van der Waals surface area contributed by atoms with Crippen molar-refractivity contribution in [1.82, 2.24) is 5.32 Å². The molecule has 0 saturated carbocycles. The highest BCUT2D eigenvalue weighted by atomic mass is 35.5. The Hall–Kier alpha value is -1.10. The molecule has 2 heterocycles. The zero-order chi connectivity index (χ0) is 15.1. The van der Waals surface area contributed by atoms with Gasteiger partial charge in [-0.15, -0.1) is 11.6 Å². The molecule has 4 nitrogen and oxygen atoms in total. The molecule has 3 rings (SSSR count). The van der Waals surface area contributed by atoms with Crippen LogP contribution in [0, 0.1) is 5.92 Å². The lowest BCUT2D eigenvalue weighted by molar-refractivity contribution is -0.242. The Morgan fingerprint density at radius 3 is 3.05 bits per heavy atom. The second-order valence-corrected chi connectivity index (χ2v) is 6.39. The molecular formula is C16H20ClNO3. The third-order valence-corrected chi connectivity index (χ3v) is 5.24. The van der Waals surface area contributed by atoms with E-state index >= 15 is 0 Å². The summed E-state index contributed by atoms with van der Waals surface area (Å²) in [6, 6.07) is 0. The number of hydrogen-bond acceptors (Lipinski definition) is 3. The summed E-state index contributed by atoms with van der Waals surface area (Å²) in [7, 11) is 0. The molecule has 114 valence electrons. The fraction of sp³-hybridized carbons (Fsp3) is 0.562. The number of carbonyl (C=O) groups is 1. The number of hydrogen-bond donors (Lipinski definition) is 2. The van der Waals surface area contributed by atoms with Crippen LogP contribution in [-0.4, -0.2) is 40.7 Å². The molecule has 0 spiro atoms. The number of carbonyl (C=O) groups excluding carboxylic acids is 1. The van der Waals surface area contributed by atoms with E-state index in [-0.39, 0.29) is 11.8 Å². The van der Waals surface area contributed by atoms with Gasteiger partial charge in [0.25, 0.3) is 0 Å². The van der Waals surface area contributed by atoms with E-state index in [1.165, 1.54) is 0 Å². The molecule has 0 aromatic carbocycles. The van der Waals surface area contributed by atoms with Gasteiger partial charge in [-0.05, 0) is 25.3 Å². The average Bonchev–Trinajstić information content (AvgIpc) is 2.70. The molecule has 1 aliphatic carbocycles. The predicted molar refractivity (Wildman–Crippen MR) is 81.0 cm³/mol. The van der Waals surface area contributed by atoms with Gasteiger partial charge in [0.05, 0.1) is 12.5 Å². The van der Waals surface area contributed by atoms with Crippen LogP contribution in [0.3, 0.4) is 0 Å². The van der Waals surface area contributed by atoms with Crippen molar-refractivity contribution in [2.45, 2.75) is 37.0 Å². The minimum Gasteiger partial charge on any atom is -0.386 e. The maximum atomic E-state index is 12.3. The van der Waals surface area contributed by atoms with Crippen molar-refractivity contribution in [3.8, 4) is 0 Å². The summed E-state index contributed by atoms with van der Waals surface area (Å²) in [4.78, 5) is 12.3. The van der Waals surface area contributed by atoms with Gasteiger partial charge in [-0.3, -0.25) is 4.79 Å². The lowest BCUT2D eigenvalue weighted by atomic mass is 9.67. The molecule has 3 aliphatic rings. The molecule has 2 N–H and O–H groups in total. The Balaban J connectivity index is 1.91. The van der Waals surface area contributed by atoms with Gasteiger partial charge < -0.3 is 15.2 Å². The van der Waals surface area contributed by atoms with Gasteiger partial charge in [-0.1, -0.05) is 30.4 Å². The van der Waals surface area contributed by atoms with Crippen molar-refractivity contribution >= 4 is 17.5 Å². The molecule has 4 atom stereocenters. The van der Waals surface area contributed by atoms with Gasteiger partial charge in [-0.2, -0.15) is 0 Å². The number of aliphatic hydroxyl groups excluding tert-OH is 1. The first kappa shape index (κ1) is 14.8. The standard InChI is InChI=1S/C16H20ClNO3/c1-15-12(8-9-17)14(20)18-16(15,10-21-15)13(19)11-6-4-2-3-5-7-11/h2-4,6-7,12-13,19H,5,8-10H2,1H3,(H,18,20)/t12-,13-,15-,16+/m0/s1. The van der Waals surface area contributed by atoms with Gasteiger partial charge in [0.2, 0.25) is 5.91 Å². The number of halogens is 1. The Kier molecular flexibility index (Phi) is 3.72. The minimum absolute atomic E-state index is 0.0778. The fourth-order valence-electron chi connectivity index (χ4n) is 3.60. The van der Waals surface area contributed by atoms with Gasteiger partial charge in [-0.25, -0.2) is 0 Å². The normalized spacial score (nSPS) is 39.1. The first-order valence-corrected chi connectivity index (χ1v) is 7.82. The van der Waals surface area contributed by atoms with Crippen LogP contribution >= 0.6 is 11.6 Å². The minimum atomic E-state index is -0.781. The molecule has 0 aromatic rings. The van der Waals surface area contributed by atoms with E-state index in [1.54, 1.807) is 0 Å². The molecule has 0 unspecified atom stereocenters. The van der Waals surface area contributed by atoms with Crippen LogP contribution in [0.5, 0.6) is 0 Å². The Morgan fingerprint density at radius 1 is 1.57 bits per heavy atom. The third-order valence-electron chi connectivity index (χ3n) is 5.02. The summed E-state index contributed by atoms with van der Waals surface area (Å²) in [6.07, 6.45) is 10.3. The van der Waals surface area contributed by atoms with Crippen molar-refractivity contribution in [3.05, 3.63) is 36.0 Å². The summed E-state index contributed by atoms with van der Waals surface area (Å²) < 4.78 is 5.76. The highest BCUT2D eigenvalue weighted by Gasteiger charge is 2.72. The van der Waals surface area contributed by atoms with Crippen LogP contribution < -0.4 is 5.32 Å². The largest absolute Gasteiger partial charge is 0.386 e. The summed E-state index contributed by atoms with van der Waals surface area (Å²) in [5, 5.41) is 13.9. The first-order valence-electron chi connectivity index (χ1n) is 7.28. The molecule has 2 fully saturated rings. The van der Waals surface area contributed by atoms with Crippen molar-refractivity contribution in [2.24, 2.45) is 5.92 Å². The predicted octanol–water partition coefficient (Wildman–Crippen LogP) is 1.69. The molecule has 5 heteroatoms. The molecule has 1 amide bonds. The lowest BCUT2D eigenvalue weighted by Gasteiger charge is -2.56. The van der Waals surface area contributed by atoms with E-state index < -0.39 is 17.2 Å². The first-order chi connectivity index (χ1) is 10.0. The van der Waals surface area contributed by atoms with E-state index in [0.29, 0.717) is 18.9 Å². The second kappa shape index (κ2) is 5.27. The molecule has 0 radical (unpaired) electrons. The van der Waals surface area contributed by atoms with Crippen LogP contribution in [0.25, 0.3) is 0 Å². The number of nitrogens with one attached hydrogen (secondary N) is 1. The van der Waals surface area contributed by atoms with E-state index in [1.807, 2.05) is 37.3 Å². The van der Waals surface area contributed by atoms with E-state index in [4.69, 9.17) is 16.3 Å². The van der Waals surface area contributed by atoms with E-state index in [9.17, 15) is 9.90 Å². The molecular weight excluding hydrogens is 290 g/mol. The van der Waals surface area contributed by atoms with Gasteiger partial charge in [0, 0.05) is 5.88 Å². The van der Waals surface area contributed by atoms with Crippen LogP contribution in [0.15, 0.2) is 36.0 Å². The quantitative estimate of drug-likeness (QED) is 0.777. The van der Waals surface area contributed by atoms with Crippen LogP contribution in [-0.2, 0) is 9.53 Å². The third kappa shape index (κ3) is 2.00. The number of aliphatic hydroxyl groups is 1. The van der Waals surface area contributed by atoms with Gasteiger partial charge in [0.1, 0.15) is 17.2 Å². The number of amides is 1. The number of fused-ring (bicyclic) bond motifs is 1. The Morgan fingerprint density at radius 2 is 2.38 bits per heavy atom. The maximum Gasteiger partial charge on any atom is 0.226 e. The summed E-state index contributed by atoms with van der Waals surface area (Å²) >= 11 is 5.81. The topological polar surface area (TPSA) is 58.6 Å². The molecule has 2 aliphatic heterocycles. The zero-order valence-electron chi connectivity index (χ0n) is 12.0.